The van der Waals surface area contributed by atoms with Crippen molar-refractivity contribution in [3.05, 3.63) is 71.8 Å². The molecule has 130 valence electrons. The topological polar surface area (TPSA) is 38.8 Å². The van der Waals surface area contributed by atoms with Crippen molar-refractivity contribution >= 4 is 12.0 Å². The lowest BCUT2D eigenvalue weighted by molar-refractivity contribution is -0.132. The summed E-state index contributed by atoms with van der Waals surface area (Å²) in [4.78, 5) is 14.1. The molecule has 0 aromatic heterocycles. The minimum atomic E-state index is 0.0192. The third-order valence-corrected chi connectivity index (χ3v) is 4.08. The first-order chi connectivity index (χ1) is 12.2. The van der Waals surface area contributed by atoms with E-state index in [0.717, 1.165) is 16.9 Å². The van der Waals surface area contributed by atoms with E-state index in [-0.39, 0.29) is 12.0 Å². The molecule has 0 bridgehead atoms. The van der Waals surface area contributed by atoms with Crippen LogP contribution in [0.15, 0.2) is 60.7 Å². The van der Waals surface area contributed by atoms with Crippen LogP contribution in [0.25, 0.3) is 6.08 Å². The fourth-order valence-electron chi connectivity index (χ4n) is 2.74. The molecule has 0 radical (unpaired) electrons. The zero-order chi connectivity index (χ0) is 17.5. The van der Waals surface area contributed by atoms with E-state index in [2.05, 4.69) is 0 Å². The van der Waals surface area contributed by atoms with E-state index in [1.54, 1.807) is 6.08 Å². The predicted octanol–water partition coefficient (Wildman–Crippen LogP) is 3.53. The Morgan fingerprint density at radius 3 is 2.88 bits per heavy atom. The van der Waals surface area contributed by atoms with Gasteiger partial charge in [0.1, 0.15) is 12.4 Å². The summed E-state index contributed by atoms with van der Waals surface area (Å²) in [6, 6.07) is 17.8. The van der Waals surface area contributed by atoms with Crippen LogP contribution in [0.5, 0.6) is 5.75 Å². The van der Waals surface area contributed by atoms with Crippen LogP contribution >= 0.6 is 0 Å². The minimum Gasteiger partial charge on any atom is -0.489 e. The number of hydrogen-bond donors (Lipinski definition) is 0. The summed E-state index contributed by atoms with van der Waals surface area (Å²) in [7, 11) is 0. The third kappa shape index (κ3) is 5.19. The van der Waals surface area contributed by atoms with Gasteiger partial charge in [0.2, 0.25) is 5.91 Å². The van der Waals surface area contributed by atoms with Crippen molar-refractivity contribution in [3.63, 3.8) is 0 Å². The Kier molecular flexibility index (Phi) is 5.86. The zero-order valence-electron chi connectivity index (χ0n) is 14.4. The number of nitrogens with zero attached hydrogens (tertiary/aromatic N) is 1. The van der Waals surface area contributed by atoms with Crippen molar-refractivity contribution in [2.45, 2.75) is 19.6 Å². The molecule has 0 unspecified atom stereocenters. The molecule has 0 aliphatic carbocycles. The molecule has 2 aromatic carbocycles. The van der Waals surface area contributed by atoms with Gasteiger partial charge in [0, 0.05) is 19.2 Å². The summed E-state index contributed by atoms with van der Waals surface area (Å²) < 4.78 is 11.3. The van der Waals surface area contributed by atoms with Gasteiger partial charge < -0.3 is 14.4 Å². The predicted molar refractivity (Wildman–Crippen MR) is 98.2 cm³/mol. The average molecular weight is 337 g/mol. The van der Waals surface area contributed by atoms with Gasteiger partial charge >= 0.3 is 0 Å². The second-order valence-electron chi connectivity index (χ2n) is 6.15. The standard InChI is InChI=1S/C21H23NO3/c1-17-15-22(12-13-24-17)21(23)11-10-18-8-5-9-20(14-18)25-16-19-6-3-2-4-7-19/h2-11,14,17H,12-13,15-16H2,1H3/b11-10+/t17-/m1/s1. The second-order valence-corrected chi connectivity index (χ2v) is 6.15. The summed E-state index contributed by atoms with van der Waals surface area (Å²) in [5.74, 6) is 0.809. The molecule has 0 spiro atoms. The molecule has 4 nitrogen and oxygen atoms in total. The van der Waals surface area contributed by atoms with Crippen LogP contribution in [0.2, 0.25) is 0 Å². The molecular weight excluding hydrogens is 314 g/mol. The van der Waals surface area contributed by atoms with E-state index in [4.69, 9.17) is 9.47 Å². The highest BCUT2D eigenvalue weighted by Gasteiger charge is 2.19. The number of carbonyl (C=O) groups excluding carboxylic acids is 1. The molecule has 1 saturated heterocycles. The highest BCUT2D eigenvalue weighted by atomic mass is 16.5. The molecule has 1 heterocycles. The Morgan fingerprint density at radius 1 is 1.24 bits per heavy atom. The van der Waals surface area contributed by atoms with Gasteiger partial charge in [0.05, 0.1) is 12.7 Å². The minimum absolute atomic E-state index is 0.0192. The number of carbonyl (C=O) groups is 1. The Balaban J connectivity index is 1.58. The van der Waals surface area contributed by atoms with Gasteiger partial charge in [-0.3, -0.25) is 4.79 Å². The van der Waals surface area contributed by atoms with Crippen molar-refractivity contribution in [3.8, 4) is 5.75 Å². The fraction of sp³-hybridized carbons (Fsp3) is 0.286. The Hall–Kier alpha value is -2.59. The van der Waals surface area contributed by atoms with Gasteiger partial charge in [0.25, 0.3) is 0 Å². The number of amides is 1. The van der Waals surface area contributed by atoms with Crippen LogP contribution < -0.4 is 4.74 Å². The first-order valence-corrected chi connectivity index (χ1v) is 8.56. The van der Waals surface area contributed by atoms with Gasteiger partial charge in [-0.2, -0.15) is 0 Å². The summed E-state index contributed by atoms with van der Waals surface area (Å²) >= 11 is 0. The van der Waals surface area contributed by atoms with Gasteiger partial charge in [-0.05, 0) is 36.3 Å². The Labute approximate surface area is 148 Å². The first-order valence-electron chi connectivity index (χ1n) is 8.56. The van der Waals surface area contributed by atoms with Gasteiger partial charge in [-0.1, -0.05) is 42.5 Å². The molecule has 2 aromatic rings. The number of rotatable bonds is 5. The second kappa shape index (κ2) is 8.49. The number of benzene rings is 2. The number of ether oxygens (including phenoxy) is 2. The van der Waals surface area contributed by atoms with E-state index >= 15 is 0 Å². The van der Waals surface area contributed by atoms with Crippen LogP contribution in [0.4, 0.5) is 0 Å². The maximum atomic E-state index is 12.3. The molecule has 1 aliphatic heterocycles. The van der Waals surface area contributed by atoms with Crippen LogP contribution in [-0.4, -0.2) is 36.6 Å². The smallest absolute Gasteiger partial charge is 0.246 e. The largest absolute Gasteiger partial charge is 0.489 e. The molecule has 1 atom stereocenters. The van der Waals surface area contributed by atoms with Crippen molar-refractivity contribution in [2.24, 2.45) is 0 Å². The van der Waals surface area contributed by atoms with Crippen molar-refractivity contribution in [1.29, 1.82) is 0 Å². The average Bonchev–Trinajstić information content (AvgIpc) is 2.66. The molecule has 3 rings (SSSR count). The highest BCUT2D eigenvalue weighted by molar-refractivity contribution is 5.91. The van der Waals surface area contributed by atoms with Gasteiger partial charge in [0.15, 0.2) is 0 Å². The quantitative estimate of drug-likeness (QED) is 0.784. The normalized spacial score (nSPS) is 17.6. The maximum Gasteiger partial charge on any atom is 0.246 e. The summed E-state index contributed by atoms with van der Waals surface area (Å²) in [6.45, 7) is 4.40. The van der Waals surface area contributed by atoms with Crippen LogP contribution in [0, 0.1) is 0 Å². The van der Waals surface area contributed by atoms with Crippen LogP contribution in [-0.2, 0) is 16.1 Å². The zero-order valence-corrected chi connectivity index (χ0v) is 14.4. The van der Waals surface area contributed by atoms with Crippen LogP contribution in [0.1, 0.15) is 18.1 Å². The number of hydrogen-bond acceptors (Lipinski definition) is 3. The van der Waals surface area contributed by atoms with E-state index in [1.807, 2.05) is 72.5 Å². The lowest BCUT2D eigenvalue weighted by atomic mass is 10.2. The van der Waals surface area contributed by atoms with E-state index < -0.39 is 0 Å². The lowest BCUT2D eigenvalue weighted by Crippen LogP contribution is -2.43. The molecule has 4 heteroatoms. The van der Waals surface area contributed by atoms with Gasteiger partial charge in [-0.25, -0.2) is 0 Å². The number of morpholine rings is 1. The molecule has 25 heavy (non-hydrogen) atoms. The Morgan fingerprint density at radius 2 is 2.08 bits per heavy atom. The summed E-state index contributed by atoms with van der Waals surface area (Å²) in [5, 5.41) is 0. The van der Waals surface area contributed by atoms with Crippen LogP contribution in [0.3, 0.4) is 0 Å². The molecular formula is C21H23NO3. The van der Waals surface area contributed by atoms with Gasteiger partial charge in [-0.15, -0.1) is 0 Å². The Bertz CT molecular complexity index is 727. The summed E-state index contributed by atoms with van der Waals surface area (Å²) in [5.41, 5.74) is 2.07. The molecule has 1 fully saturated rings. The highest BCUT2D eigenvalue weighted by Crippen LogP contribution is 2.16. The van der Waals surface area contributed by atoms with Crippen molar-refractivity contribution in [1.82, 2.24) is 4.90 Å². The van der Waals surface area contributed by atoms with Crippen molar-refractivity contribution in [2.75, 3.05) is 19.7 Å². The maximum absolute atomic E-state index is 12.3. The third-order valence-electron chi connectivity index (χ3n) is 4.08. The lowest BCUT2D eigenvalue weighted by Gasteiger charge is -2.30. The monoisotopic (exact) mass is 337 g/mol. The first kappa shape index (κ1) is 17.2. The van der Waals surface area contributed by atoms with Crippen molar-refractivity contribution < 1.29 is 14.3 Å². The molecule has 0 saturated carbocycles. The van der Waals surface area contributed by atoms with E-state index in [1.165, 1.54) is 0 Å². The molecule has 1 aliphatic rings. The molecule has 0 N–H and O–H groups in total. The fourth-order valence-corrected chi connectivity index (χ4v) is 2.74. The summed E-state index contributed by atoms with van der Waals surface area (Å²) in [6.07, 6.45) is 3.55. The molecule has 1 amide bonds. The van der Waals surface area contributed by atoms with E-state index in [9.17, 15) is 4.79 Å². The van der Waals surface area contributed by atoms with E-state index in [0.29, 0.717) is 26.3 Å². The SMILES string of the molecule is C[C@@H]1CN(C(=O)/C=C/c2cccc(OCc3ccccc3)c2)CCO1.